The highest BCUT2D eigenvalue weighted by molar-refractivity contribution is 5.90. The Morgan fingerprint density at radius 1 is 1.17 bits per heavy atom. The zero-order chi connectivity index (χ0) is 16.5. The van der Waals surface area contributed by atoms with Gasteiger partial charge in [0.25, 0.3) is 0 Å². The predicted octanol–water partition coefficient (Wildman–Crippen LogP) is 2.69. The van der Waals surface area contributed by atoms with Crippen LogP contribution in [0.1, 0.15) is 17.5 Å². The monoisotopic (exact) mass is 309 g/mol. The molecule has 0 aliphatic heterocycles. The van der Waals surface area contributed by atoms with Crippen molar-refractivity contribution < 1.29 is 9.53 Å². The second kappa shape index (κ2) is 8.57. The summed E-state index contributed by atoms with van der Waals surface area (Å²) in [6, 6.07) is 16.6. The van der Waals surface area contributed by atoms with Crippen molar-refractivity contribution in [3.05, 3.63) is 59.7 Å². The van der Waals surface area contributed by atoms with Gasteiger partial charge in [0, 0.05) is 30.8 Å². The van der Waals surface area contributed by atoms with E-state index >= 15 is 0 Å². The number of hydrogen-bond acceptors (Lipinski definition) is 4. The summed E-state index contributed by atoms with van der Waals surface area (Å²) in [5.74, 6) is 0.768. The highest BCUT2D eigenvalue weighted by atomic mass is 16.5. The van der Waals surface area contributed by atoms with Gasteiger partial charge in [0.05, 0.1) is 18.7 Å². The lowest BCUT2D eigenvalue weighted by molar-refractivity contribution is -0.116. The minimum atomic E-state index is -0.0674. The van der Waals surface area contributed by atoms with E-state index in [0.29, 0.717) is 30.8 Å². The van der Waals surface area contributed by atoms with Crippen molar-refractivity contribution in [3.63, 3.8) is 0 Å². The van der Waals surface area contributed by atoms with Crippen molar-refractivity contribution in [1.82, 2.24) is 5.32 Å². The number of ether oxygens (including phenoxy) is 1. The number of carbonyl (C=O) groups excluding carboxylic acids is 1. The van der Waals surface area contributed by atoms with Crippen LogP contribution in [-0.4, -0.2) is 19.6 Å². The fourth-order valence-electron chi connectivity index (χ4n) is 2.13. The van der Waals surface area contributed by atoms with E-state index in [4.69, 9.17) is 10.00 Å². The van der Waals surface area contributed by atoms with Crippen LogP contribution in [0.2, 0.25) is 0 Å². The number of rotatable bonds is 7. The van der Waals surface area contributed by atoms with Crippen molar-refractivity contribution in [1.29, 1.82) is 5.26 Å². The number of benzene rings is 2. The number of nitriles is 1. The van der Waals surface area contributed by atoms with Crippen LogP contribution in [0.5, 0.6) is 5.75 Å². The second-order valence-corrected chi connectivity index (χ2v) is 4.98. The molecular formula is C18H19N3O2. The molecule has 0 unspecified atom stereocenters. The van der Waals surface area contributed by atoms with Crippen LogP contribution in [0.25, 0.3) is 0 Å². The summed E-state index contributed by atoms with van der Waals surface area (Å²) in [7, 11) is 1.64. The summed E-state index contributed by atoms with van der Waals surface area (Å²) < 4.78 is 5.28. The Kier molecular flexibility index (Phi) is 6.16. The molecular weight excluding hydrogens is 290 g/mol. The molecule has 0 radical (unpaired) electrons. The normalized spacial score (nSPS) is 9.91. The van der Waals surface area contributed by atoms with Crippen molar-refractivity contribution in [3.8, 4) is 11.8 Å². The third kappa shape index (κ3) is 5.13. The molecule has 0 heterocycles. The number of methoxy groups -OCH3 is 1. The second-order valence-electron chi connectivity index (χ2n) is 4.98. The van der Waals surface area contributed by atoms with Crippen molar-refractivity contribution >= 4 is 11.6 Å². The topological polar surface area (TPSA) is 74.2 Å². The molecule has 0 aliphatic carbocycles. The summed E-state index contributed by atoms with van der Waals surface area (Å²) in [6.07, 6.45) is 0.370. The minimum absolute atomic E-state index is 0.0674. The Bertz CT molecular complexity index is 690. The average Bonchev–Trinajstić information content (AvgIpc) is 2.59. The summed E-state index contributed by atoms with van der Waals surface area (Å²) in [5, 5.41) is 14.8. The van der Waals surface area contributed by atoms with Gasteiger partial charge in [-0.15, -0.1) is 0 Å². The van der Waals surface area contributed by atoms with Crippen molar-refractivity contribution in [2.45, 2.75) is 13.0 Å². The van der Waals surface area contributed by atoms with Gasteiger partial charge in [-0.25, -0.2) is 0 Å². The maximum Gasteiger partial charge on any atom is 0.225 e. The minimum Gasteiger partial charge on any atom is -0.496 e. The zero-order valence-electron chi connectivity index (χ0n) is 13.0. The average molecular weight is 309 g/mol. The fraction of sp³-hybridized carbons (Fsp3) is 0.222. The van der Waals surface area contributed by atoms with E-state index in [9.17, 15) is 4.79 Å². The van der Waals surface area contributed by atoms with Crippen LogP contribution < -0.4 is 15.4 Å². The number of anilines is 1. The number of nitrogens with one attached hydrogen (secondary N) is 2. The van der Waals surface area contributed by atoms with Crippen molar-refractivity contribution in [2.24, 2.45) is 0 Å². The van der Waals surface area contributed by atoms with Gasteiger partial charge in [-0.05, 0) is 30.3 Å². The van der Waals surface area contributed by atoms with E-state index in [1.165, 1.54) is 0 Å². The lowest BCUT2D eigenvalue weighted by Gasteiger charge is -2.09. The Morgan fingerprint density at radius 2 is 1.91 bits per heavy atom. The summed E-state index contributed by atoms with van der Waals surface area (Å²) in [6.45, 7) is 1.22. The van der Waals surface area contributed by atoms with E-state index in [0.717, 1.165) is 11.3 Å². The molecule has 2 aromatic carbocycles. The van der Waals surface area contributed by atoms with Gasteiger partial charge in [0.1, 0.15) is 5.75 Å². The van der Waals surface area contributed by atoms with Gasteiger partial charge < -0.3 is 15.4 Å². The van der Waals surface area contributed by atoms with E-state index < -0.39 is 0 Å². The summed E-state index contributed by atoms with van der Waals surface area (Å²) in [4.78, 5) is 11.9. The van der Waals surface area contributed by atoms with E-state index in [2.05, 4.69) is 10.6 Å². The molecule has 0 aromatic heterocycles. The van der Waals surface area contributed by atoms with Gasteiger partial charge in [0.2, 0.25) is 5.91 Å². The van der Waals surface area contributed by atoms with Crippen LogP contribution in [0, 0.1) is 11.3 Å². The molecule has 0 saturated heterocycles. The van der Waals surface area contributed by atoms with Gasteiger partial charge >= 0.3 is 0 Å². The van der Waals surface area contributed by atoms with Gasteiger partial charge in [-0.3, -0.25) is 4.79 Å². The molecule has 0 spiro atoms. The summed E-state index contributed by atoms with van der Waals surface area (Å²) >= 11 is 0. The summed E-state index contributed by atoms with van der Waals surface area (Å²) in [5.41, 5.74) is 2.32. The number of nitrogens with zero attached hydrogens (tertiary/aromatic N) is 1. The smallest absolute Gasteiger partial charge is 0.225 e. The molecule has 5 nitrogen and oxygen atoms in total. The van der Waals surface area contributed by atoms with Crippen molar-refractivity contribution in [2.75, 3.05) is 19.0 Å². The first-order chi connectivity index (χ1) is 11.2. The number of para-hydroxylation sites is 1. The first-order valence-electron chi connectivity index (χ1n) is 7.35. The maximum absolute atomic E-state index is 11.9. The molecule has 23 heavy (non-hydrogen) atoms. The largest absolute Gasteiger partial charge is 0.496 e. The number of hydrogen-bond donors (Lipinski definition) is 2. The molecule has 2 aromatic rings. The fourth-order valence-corrected chi connectivity index (χ4v) is 2.13. The molecule has 118 valence electrons. The molecule has 2 rings (SSSR count). The number of carbonyl (C=O) groups is 1. The third-order valence-electron chi connectivity index (χ3n) is 3.33. The predicted molar refractivity (Wildman–Crippen MR) is 89.1 cm³/mol. The highest BCUT2D eigenvalue weighted by Gasteiger charge is 2.04. The first kappa shape index (κ1) is 16.5. The Hall–Kier alpha value is -2.84. The van der Waals surface area contributed by atoms with Crippen LogP contribution in [0.3, 0.4) is 0 Å². The third-order valence-corrected chi connectivity index (χ3v) is 3.33. The maximum atomic E-state index is 11.9. The molecule has 0 atom stereocenters. The van der Waals surface area contributed by atoms with Crippen LogP contribution in [0.15, 0.2) is 48.5 Å². The molecule has 0 aliphatic rings. The SMILES string of the molecule is COc1ccccc1CNCCC(=O)Nc1ccc(C#N)cc1. The lowest BCUT2D eigenvalue weighted by atomic mass is 10.2. The van der Waals surface area contributed by atoms with Gasteiger partial charge in [-0.2, -0.15) is 5.26 Å². The Labute approximate surface area is 135 Å². The standard InChI is InChI=1S/C18H19N3O2/c1-23-17-5-3-2-4-15(17)13-20-11-10-18(22)21-16-8-6-14(12-19)7-9-16/h2-9,20H,10-11,13H2,1H3,(H,21,22). The first-order valence-corrected chi connectivity index (χ1v) is 7.35. The zero-order valence-corrected chi connectivity index (χ0v) is 13.0. The van der Waals surface area contributed by atoms with Crippen LogP contribution in [-0.2, 0) is 11.3 Å². The van der Waals surface area contributed by atoms with Crippen LogP contribution in [0.4, 0.5) is 5.69 Å². The van der Waals surface area contributed by atoms with Crippen LogP contribution >= 0.6 is 0 Å². The Morgan fingerprint density at radius 3 is 2.61 bits per heavy atom. The molecule has 2 N–H and O–H groups in total. The lowest BCUT2D eigenvalue weighted by Crippen LogP contribution is -2.21. The van der Waals surface area contributed by atoms with E-state index in [1.807, 2.05) is 30.3 Å². The highest BCUT2D eigenvalue weighted by Crippen LogP contribution is 2.16. The van der Waals surface area contributed by atoms with E-state index in [-0.39, 0.29) is 5.91 Å². The van der Waals surface area contributed by atoms with Gasteiger partial charge in [0.15, 0.2) is 0 Å². The number of amides is 1. The Balaban J connectivity index is 1.73. The molecule has 0 saturated carbocycles. The molecule has 0 bridgehead atoms. The quantitative estimate of drug-likeness (QED) is 0.771. The van der Waals surface area contributed by atoms with Gasteiger partial charge in [-0.1, -0.05) is 18.2 Å². The molecule has 0 fully saturated rings. The molecule has 1 amide bonds. The van der Waals surface area contributed by atoms with E-state index in [1.54, 1.807) is 31.4 Å². The molecule has 5 heteroatoms.